The van der Waals surface area contributed by atoms with E-state index >= 15 is 0 Å². The van der Waals surface area contributed by atoms with E-state index in [2.05, 4.69) is 15.3 Å². The van der Waals surface area contributed by atoms with E-state index in [1.807, 2.05) is 0 Å². The van der Waals surface area contributed by atoms with Crippen molar-refractivity contribution in [3.8, 4) is 0 Å². The van der Waals surface area contributed by atoms with Crippen molar-refractivity contribution in [1.29, 1.82) is 0 Å². The Morgan fingerprint density at radius 3 is 2.89 bits per heavy atom. The lowest BCUT2D eigenvalue weighted by atomic mass is 10.1. The summed E-state index contributed by atoms with van der Waals surface area (Å²) in [5.41, 5.74) is 0.840. The van der Waals surface area contributed by atoms with Crippen molar-refractivity contribution >= 4 is 40.1 Å². The second-order valence-electron chi connectivity index (χ2n) is 6.41. The summed E-state index contributed by atoms with van der Waals surface area (Å²) in [6, 6.07) is 7.72. The van der Waals surface area contributed by atoms with Crippen LogP contribution < -0.4 is 15.8 Å². The number of carbonyl (C=O) groups is 1. The Labute approximate surface area is 164 Å². The molecule has 1 aliphatic rings. The number of fused-ring (bicyclic) bond motifs is 1. The van der Waals surface area contributed by atoms with Crippen molar-refractivity contribution in [1.82, 2.24) is 9.97 Å². The molecular formula is C19H16ClFN4O3. The van der Waals surface area contributed by atoms with Crippen molar-refractivity contribution in [2.24, 2.45) is 0 Å². The number of pyridine rings is 2. The van der Waals surface area contributed by atoms with Gasteiger partial charge in [-0.2, -0.15) is 0 Å². The van der Waals surface area contributed by atoms with Crippen LogP contribution in [0.4, 0.5) is 20.7 Å². The Balaban J connectivity index is 1.66. The average molecular weight is 403 g/mol. The number of anilines is 2. The zero-order valence-corrected chi connectivity index (χ0v) is 15.6. The van der Waals surface area contributed by atoms with Gasteiger partial charge in [0.15, 0.2) is 11.6 Å². The first-order valence-corrected chi connectivity index (χ1v) is 8.99. The standard InChI is InChI=1S/C19H16ClFN4O3/c1-10(13-9-11-8-12(20)2-3-14(11)24-18(13)26)23-17-16(21)15(4-5-22-17)25-6-7-28-19(25)27/h2-5,8-10H,6-7H2,1H3,(H,22,23)(H,24,26). The summed E-state index contributed by atoms with van der Waals surface area (Å²) in [6.45, 7) is 2.19. The molecular weight excluding hydrogens is 387 g/mol. The zero-order chi connectivity index (χ0) is 19.8. The minimum absolute atomic E-state index is 0.0599. The highest BCUT2D eigenvalue weighted by Crippen LogP contribution is 2.28. The number of benzene rings is 1. The number of cyclic esters (lactones) is 1. The van der Waals surface area contributed by atoms with E-state index in [-0.39, 0.29) is 30.2 Å². The van der Waals surface area contributed by atoms with Crippen LogP contribution in [0.1, 0.15) is 18.5 Å². The van der Waals surface area contributed by atoms with Gasteiger partial charge in [-0.25, -0.2) is 14.2 Å². The van der Waals surface area contributed by atoms with Crippen LogP contribution in [0.3, 0.4) is 0 Å². The lowest BCUT2D eigenvalue weighted by Gasteiger charge is -2.18. The minimum atomic E-state index is -0.687. The first-order chi connectivity index (χ1) is 13.4. The fourth-order valence-corrected chi connectivity index (χ4v) is 3.33. The number of hydrogen-bond donors (Lipinski definition) is 2. The molecule has 28 heavy (non-hydrogen) atoms. The fraction of sp³-hybridized carbons (Fsp3) is 0.211. The third-order valence-electron chi connectivity index (χ3n) is 4.58. The molecule has 1 fully saturated rings. The van der Waals surface area contributed by atoms with Crippen molar-refractivity contribution < 1.29 is 13.9 Å². The highest BCUT2D eigenvalue weighted by molar-refractivity contribution is 6.31. The molecule has 7 nitrogen and oxygen atoms in total. The maximum Gasteiger partial charge on any atom is 0.414 e. The molecule has 0 saturated carbocycles. The molecule has 3 aromatic rings. The van der Waals surface area contributed by atoms with Gasteiger partial charge in [0.2, 0.25) is 0 Å². The van der Waals surface area contributed by atoms with Crippen molar-refractivity contribution in [3.05, 3.63) is 63.3 Å². The van der Waals surface area contributed by atoms with Crippen molar-refractivity contribution in [2.75, 3.05) is 23.4 Å². The lowest BCUT2D eigenvalue weighted by molar-refractivity contribution is 0.181. The second kappa shape index (κ2) is 7.12. The molecule has 1 amide bonds. The molecule has 1 saturated heterocycles. The number of carbonyl (C=O) groups excluding carboxylic acids is 1. The first-order valence-electron chi connectivity index (χ1n) is 8.62. The van der Waals surface area contributed by atoms with Gasteiger partial charge in [-0.05, 0) is 37.3 Å². The highest BCUT2D eigenvalue weighted by atomic mass is 35.5. The predicted octanol–water partition coefficient (Wildman–Crippen LogP) is 3.85. The SMILES string of the molecule is CC(Nc1nccc(N2CCOC2=O)c1F)c1cc2cc(Cl)ccc2[nH]c1=O. The quantitative estimate of drug-likeness (QED) is 0.692. The Morgan fingerprint density at radius 2 is 2.14 bits per heavy atom. The number of nitrogens with zero attached hydrogens (tertiary/aromatic N) is 2. The summed E-state index contributed by atoms with van der Waals surface area (Å²) in [7, 11) is 0. The summed E-state index contributed by atoms with van der Waals surface area (Å²) >= 11 is 6.02. The van der Waals surface area contributed by atoms with E-state index in [1.54, 1.807) is 31.2 Å². The van der Waals surface area contributed by atoms with Crippen LogP contribution in [0.2, 0.25) is 5.02 Å². The average Bonchev–Trinajstić information content (AvgIpc) is 3.09. The van der Waals surface area contributed by atoms with E-state index in [0.29, 0.717) is 16.1 Å². The molecule has 0 aliphatic carbocycles. The van der Waals surface area contributed by atoms with E-state index in [0.717, 1.165) is 5.39 Å². The molecule has 0 bridgehead atoms. The monoisotopic (exact) mass is 402 g/mol. The van der Waals surface area contributed by atoms with Gasteiger partial charge in [-0.15, -0.1) is 0 Å². The van der Waals surface area contributed by atoms with E-state index < -0.39 is 18.0 Å². The number of H-pyrrole nitrogens is 1. The summed E-state index contributed by atoms with van der Waals surface area (Å²) < 4.78 is 19.8. The number of rotatable bonds is 4. The summed E-state index contributed by atoms with van der Waals surface area (Å²) in [4.78, 5) is 32.2. The van der Waals surface area contributed by atoms with Crippen LogP contribution in [0.5, 0.6) is 0 Å². The molecule has 2 N–H and O–H groups in total. The Morgan fingerprint density at radius 1 is 1.32 bits per heavy atom. The second-order valence-corrected chi connectivity index (χ2v) is 6.85. The topological polar surface area (TPSA) is 87.3 Å². The Kier molecular flexibility index (Phi) is 4.64. The van der Waals surface area contributed by atoms with Gasteiger partial charge in [0.25, 0.3) is 5.56 Å². The number of amides is 1. The lowest BCUT2D eigenvalue weighted by Crippen LogP contribution is -2.25. The maximum atomic E-state index is 14.9. The van der Waals surface area contributed by atoms with Crippen LogP contribution in [0.25, 0.3) is 10.9 Å². The van der Waals surface area contributed by atoms with Crippen LogP contribution >= 0.6 is 11.6 Å². The Bertz CT molecular complexity index is 1130. The normalized spacial score (nSPS) is 15.0. The van der Waals surface area contributed by atoms with Crippen LogP contribution in [-0.2, 0) is 4.74 Å². The number of aromatic amines is 1. The van der Waals surface area contributed by atoms with Gasteiger partial charge in [-0.1, -0.05) is 11.6 Å². The van der Waals surface area contributed by atoms with E-state index in [9.17, 15) is 14.0 Å². The number of aromatic nitrogens is 2. The zero-order valence-electron chi connectivity index (χ0n) is 14.8. The molecule has 0 spiro atoms. The van der Waals surface area contributed by atoms with Crippen molar-refractivity contribution in [2.45, 2.75) is 13.0 Å². The van der Waals surface area contributed by atoms with E-state index in [1.165, 1.54) is 17.2 Å². The molecule has 1 unspecified atom stereocenters. The largest absolute Gasteiger partial charge is 0.447 e. The van der Waals surface area contributed by atoms with Gasteiger partial charge < -0.3 is 15.0 Å². The number of ether oxygens (including phenoxy) is 1. The third kappa shape index (κ3) is 3.27. The molecule has 1 atom stereocenters. The maximum absolute atomic E-state index is 14.9. The van der Waals surface area contributed by atoms with Crippen molar-refractivity contribution in [3.63, 3.8) is 0 Å². The van der Waals surface area contributed by atoms with Gasteiger partial charge in [0, 0.05) is 27.7 Å². The molecule has 1 aliphatic heterocycles. The van der Waals surface area contributed by atoms with Gasteiger partial charge >= 0.3 is 6.09 Å². The van der Waals surface area contributed by atoms with Gasteiger partial charge in [0.1, 0.15) is 6.61 Å². The van der Waals surface area contributed by atoms with Crippen LogP contribution in [0.15, 0.2) is 41.3 Å². The third-order valence-corrected chi connectivity index (χ3v) is 4.81. The highest BCUT2D eigenvalue weighted by Gasteiger charge is 2.28. The number of halogens is 2. The van der Waals surface area contributed by atoms with E-state index in [4.69, 9.17) is 16.3 Å². The fourth-order valence-electron chi connectivity index (χ4n) is 3.15. The first kappa shape index (κ1) is 18.2. The molecule has 144 valence electrons. The summed E-state index contributed by atoms with van der Waals surface area (Å²) in [6.07, 6.45) is 0.788. The van der Waals surface area contributed by atoms with Crippen LogP contribution in [0, 0.1) is 5.82 Å². The Hall–Kier alpha value is -3.13. The summed E-state index contributed by atoms with van der Waals surface area (Å²) in [5.74, 6) is -0.747. The van der Waals surface area contributed by atoms with Gasteiger partial charge in [-0.3, -0.25) is 9.69 Å². The molecule has 1 aromatic carbocycles. The number of hydrogen-bond acceptors (Lipinski definition) is 5. The summed E-state index contributed by atoms with van der Waals surface area (Å²) in [5, 5.41) is 4.21. The smallest absolute Gasteiger partial charge is 0.414 e. The molecule has 9 heteroatoms. The predicted molar refractivity (Wildman–Crippen MR) is 105 cm³/mol. The van der Waals surface area contributed by atoms with Crippen LogP contribution in [-0.4, -0.2) is 29.2 Å². The van der Waals surface area contributed by atoms with Gasteiger partial charge in [0.05, 0.1) is 18.3 Å². The molecule has 2 aromatic heterocycles. The molecule has 4 rings (SSSR count). The molecule has 0 radical (unpaired) electrons. The minimum Gasteiger partial charge on any atom is -0.447 e. The number of nitrogens with one attached hydrogen (secondary N) is 2. The molecule has 3 heterocycles.